The maximum atomic E-state index is 12.4. The molecule has 0 aliphatic rings. The lowest BCUT2D eigenvalue weighted by Gasteiger charge is -2.25. The summed E-state index contributed by atoms with van der Waals surface area (Å²) in [6.07, 6.45) is 0. The SMILES string of the molecule is COc1ccc(C(C)(CO)C(=O)Oc2ccccc2)cc1. The van der Waals surface area contributed by atoms with Crippen LogP contribution in [0.1, 0.15) is 12.5 Å². The normalized spacial score (nSPS) is 13.3. The van der Waals surface area contributed by atoms with Crippen LogP contribution in [-0.2, 0) is 10.2 Å². The molecule has 0 spiro atoms. The van der Waals surface area contributed by atoms with Gasteiger partial charge in [-0.15, -0.1) is 0 Å². The molecule has 1 unspecified atom stereocenters. The fourth-order valence-corrected chi connectivity index (χ4v) is 1.94. The maximum Gasteiger partial charge on any atom is 0.324 e. The van der Waals surface area contributed by atoms with E-state index in [1.807, 2.05) is 6.07 Å². The van der Waals surface area contributed by atoms with Crippen molar-refractivity contribution < 1.29 is 19.4 Å². The molecule has 110 valence electrons. The van der Waals surface area contributed by atoms with Crippen molar-refractivity contribution in [1.29, 1.82) is 0 Å². The van der Waals surface area contributed by atoms with Crippen LogP contribution in [0.5, 0.6) is 11.5 Å². The van der Waals surface area contributed by atoms with Crippen molar-refractivity contribution in [1.82, 2.24) is 0 Å². The van der Waals surface area contributed by atoms with Crippen LogP contribution >= 0.6 is 0 Å². The van der Waals surface area contributed by atoms with Gasteiger partial charge in [0.2, 0.25) is 0 Å². The number of methoxy groups -OCH3 is 1. The minimum absolute atomic E-state index is 0.342. The Kier molecular flexibility index (Phi) is 4.60. The second-order valence-electron chi connectivity index (χ2n) is 4.92. The van der Waals surface area contributed by atoms with Gasteiger partial charge in [-0.3, -0.25) is 4.79 Å². The lowest BCUT2D eigenvalue weighted by atomic mass is 9.83. The highest BCUT2D eigenvalue weighted by molar-refractivity contribution is 5.84. The van der Waals surface area contributed by atoms with Gasteiger partial charge in [0.05, 0.1) is 13.7 Å². The topological polar surface area (TPSA) is 55.8 Å². The summed E-state index contributed by atoms with van der Waals surface area (Å²) in [5.74, 6) is 0.646. The molecule has 0 aromatic heterocycles. The molecule has 2 aromatic carbocycles. The molecule has 1 N–H and O–H groups in total. The van der Waals surface area contributed by atoms with Crippen molar-refractivity contribution >= 4 is 5.97 Å². The summed E-state index contributed by atoms with van der Waals surface area (Å²) < 4.78 is 10.4. The zero-order valence-corrected chi connectivity index (χ0v) is 12.1. The molecule has 21 heavy (non-hydrogen) atoms. The third-order valence-electron chi connectivity index (χ3n) is 3.45. The Hall–Kier alpha value is -2.33. The maximum absolute atomic E-state index is 12.4. The number of hydrogen-bond donors (Lipinski definition) is 1. The van der Waals surface area contributed by atoms with Crippen LogP contribution < -0.4 is 9.47 Å². The van der Waals surface area contributed by atoms with Gasteiger partial charge in [0, 0.05) is 0 Å². The lowest BCUT2D eigenvalue weighted by molar-refractivity contribution is -0.141. The molecule has 0 fully saturated rings. The molecular weight excluding hydrogens is 268 g/mol. The van der Waals surface area contributed by atoms with Crippen molar-refractivity contribution in [3.05, 3.63) is 60.2 Å². The van der Waals surface area contributed by atoms with Gasteiger partial charge in [-0.05, 0) is 36.8 Å². The van der Waals surface area contributed by atoms with Gasteiger partial charge in [-0.25, -0.2) is 0 Å². The van der Waals surface area contributed by atoms with E-state index in [9.17, 15) is 9.90 Å². The molecule has 4 heteroatoms. The largest absolute Gasteiger partial charge is 0.497 e. The van der Waals surface area contributed by atoms with Crippen LogP contribution in [0.25, 0.3) is 0 Å². The first kappa shape index (κ1) is 15.1. The Morgan fingerprint density at radius 1 is 1.05 bits per heavy atom. The molecule has 0 radical (unpaired) electrons. The highest BCUT2D eigenvalue weighted by Crippen LogP contribution is 2.27. The summed E-state index contributed by atoms with van der Waals surface area (Å²) in [5, 5.41) is 9.68. The van der Waals surface area contributed by atoms with E-state index in [4.69, 9.17) is 9.47 Å². The van der Waals surface area contributed by atoms with Gasteiger partial charge in [0.15, 0.2) is 0 Å². The first-order valence-electron chi connectivity index (χ1n) is 6.63. The van der Waals surface area contributed by atoms with Crippen molar-refractivity contribution in [2.24, 2.45) is 0 Å². The third kappa shape index (κ3) is 3.23. The Morgan fingerprint density at radius 2 is 1.67 bits per heavy atom. The Morgan fingerprint density at radius 3 is 2.19 bits per heavy atom. The number of hydrogen-bond acceptors (Lipinski definition) is 4. The van der Waals surface area contributed by atoms with Gasteiger partial charge in [-0.2, -0.15) is 0 Å². The zero-order valence-electron chi connectivity index (χ0n) is 12.1. The van der Waals surface area contributed by atoms with Crippen LogP contribution in [0, 0.1) is 0 Å². The van der Waals surface area contributed by atoms with Crippen LogP contribution in [-0.4, -0.2) is 24.8 Å². The van der Waals surface area contributed by atoms with Crippen molar-refractivity contribution in [3.8, 4) is 11.5 Å². The second kappa shape index (κ2) is 6.41. The number of rotatable bonds is 5. The van der Waals surface area contributed by atoms with Crippen molar-refractivity contribution in [2.75, 3.05) is 13.7 Å². The quantitative estimate of drug-likeness (QED) is 0.678. The number of para-hydroxylation sites is 1. The molecule has 0 saturated carbocycles. The average molecular weight is 286 g/mol. The first-order valence-corrected chi connectivity index (χ1v) is 6.63. The van der Waals surface area contributed by atoms with E-state index in [0.29, 0.717) is 17.1 Å². The number of benzene rings is 2. The van der Waals surface area contributed by atoms with Crippen LogP contribution in [0.4, 0.5) is 0 Å². The van der Waals surface area contributed by atoms with E-state index in [1.165, 1.54) is 0 Å². The minimum atomic E-state index is -1.12. The van der Waals surface area contributed by atoms with Crippen LogP contribution in [0.2, 0.25) is 0 Å². The summed E-state index contributed by atoms with van der Waals surface area (Å²) in [6, 6.07) is 15.8. The fraction of sp³-hybridized carbons (Fsp3) is 0.235. The summed E-state index contributed by atoms with van der Waals surface area (Å²) in [5.41, 5.74) is -0.450. The van der Waals surface area contributed by atoms with Gasteiger partial charge in [0.25, 0.3) is 0 Å². The molecule has 0 amide bonds. The molecular formula is C17H18O4. The highest BCUT2D eigenvalue weighted by Gasteiger charge is 2.36. The number of carbonyl (C=O) groups is 1. The molecule has 1 atom stereocenters. The zero-order chi connectivity index (χ0) is 15.3. The first-order chi connectivity index (χ1) is 10.1. The van der Waals surface area contributed by atoms with Gasteiger partial charge in [-0.1, -0.05) is 30.3 Å². The summed E-state index contributed by atoms with van der Waals surface area (Å²) in [7, 11) is 1.57. The molecule has 2 aromatic rings. The Labute approximate surface area is 123 Å². The average Bonchev–Trinajstić information content (AvgIpc) is 2.55. The van der Waals surface area contributed by atoms with Gasteiger partial charge in [0.1, 0.15) is 16.9 Å². The van der Waals surface area contributed by atoms with Gasteiger partial charge < -0.3 is 14.6 Å². The van der Waals surface area contributed by atoms with Crippen molar-refractivity contribution in [2.45, 2.75) is 12.3 Å². The second-order valence-corrected chi connectivity index (χ2v) is 4.92. The van der Waals surface area contributed by atoms with E-state index in [2.05, 4.69) is 0 Å². The Balaban J connectivity index is 2.24. The number of aliphatic hydroxyl groups excluding tert-OH is 1. The van der Waals surface area contributed by atoms with Crippen LogP contribution in [0.3, 0.4) is 0 Å². The monoisotopic (exact) mass is 286 g/mol. The summed E-state index contributed by atoms with van der Waals surface area (Å²) >= 11 is 0. The minimum Gasteiger partial charge on any atom is -0.497 e. The van der Waals surface area contributed by atoms with Gasteiger partial charge >= 0.3 is 5.97 Å². The van der Waals surface area contributed by atoms with E-state index >= 15 is 0 Å². The molecule has 4 nitrogen and oxygen atoms in total. The van der Waals surface area contributed by atoms with E-state index in [-0.39, 0.29) is 6.61 Å². The third-order valence-corrected chi connectivity index (χ3v) is 3.45. The number of ether oxygens (including phenoxy) is 2. The molecule has 2 rings (SSSR count). The van der Waals surface area contributed by atoms with Crippen molar-refractivity contribution in [3.63, 3.8) is 0 Å². The molecule has 0 bridgehead atoms. The molecule has 0 saturated heterocycles. The number of aliphatic hydroxyl groups is 1. The predicted molar refractivity (Wildman–Crippen MR) is 79.5 cm³/mol. The summed E-state index contributed by atoms with van der Waals surface area (Å²) in [6.45, 7) is 1.31. The molecule has 0 heterocycles. The molecule has 0 aliphatic heterocycles. The van der Waals surface area contributed by atoms with Crippen LogP contribution in [0.15, 0.2) is 54.6 Å². The molecule has 0 aliphatic carbocycles. The number of carbonyl (C=O) groups excluding carboxylic acids is 1. The fourth-order valence-electron chi connectivity index (χ4n) is 1.94. The standard InChI is InChI=1S/C17H18O4/c1-17(12-18,13-8-10-14(20-2)11-9-13)16(19)21-15-6-4-3-5-7-15/h3-11,18H,12H2,1-2H3. The lowest BCUT2D eigenvalue weighted by Crippen LogP contribution is -2.39. The summed E-state index contributed by atoms with van der Waals surface area (Å²) in [4.78, 5) is 12.4. The number of esters is 1. The predicted octanol–water partition coefficient (Wildman–Crippen LogP) is 2.55. The van der Waals surface area contributed by atoms with E-state index in [0.717, 1.165) is 0 Å². The van der Waals surface area contributed by atoms with E-state index < -0.39 is 11.4 Å². The van der Waals surface area contributed by atoms with E-state index in [1.54, 1.807) is 62.6 Å². The Bertz CT molecular complexity index is 592. The highest BCUT2D eigenvalue weighted by atomic mass is 16.5. The smallest absolute Gasteiger partial charge is 0.324 e.